The van der Waals surface area contributed by atoms with E-state index in [4.69, 9.17) is 13.9 Å². The fraction of sp³-hybridized carbons (Fsp3) is 0.444. The number of aryl methyl sites for hydroxylation is 1. The third kappa shape index (κ3) is 5.58. The van der Waals surface area contributed by atoms with Gasteiger partial charge in [0.25, 0.3) is 0 Å². The maximum Gasteiger partial charge on any atom is 0.407 e. The topological polar surface area (TPSA) is 115 Å². The summed E-state index contributed by atoms with van der Waals surface area (Å²) in [7, 11) is 0. The number of carbonyl (C=O) groups excluding carboxylic acids is 2. The van der Waals surface area contributed by atoms with Crippen molar-refractivity contribution in [2.45, 2.75) is 59.0 Å². The molecule has 0 radical (unpaired) electrons. The number of fused-ring (bicyclic) bond motifs is 2. The van der Waals surface area contributed by atoms with Crippen molar-refractivity contribution < 1.29 is 28.6 Å². The molecule has 1 amide bonds. The number of esters is 1. The molecule has 0 unspecified atom stereocenters. The van der Waals surface area contributed by atoms with Gasteiger partial charge in [-0.05, 0) is 70.9 Å². The molecule has 1 fully saturated rings. The average Bonchev–Trinajstić information content (AvgIpc) is 2.77. The lowest BCUT2D eigenvalue weighted by Crippen LogP contribution is -2.36. The minimum Gasteiger partial charge on any atom is -0.507 e. The molecule has 1 aliphatic carbocycles. The Morgan fingerprint density at radius 1 is 1.14 bits per heavy atom. The third-order valence-corrected chi connectivity index (χ3v) is 6.28. The van der Waals surface area contributed by atoms with Gasteiger partial charge in [-0.25, -0.2) is 4.79 Å². The van der Waals surface area contributed by atoms with Gasteiger partial charge < -0.3 is 24.3 Å². The number of hydrogen-bond donors (Lipinski definition) is 2. The molecule has 0 bridgehead atoms. The van der Waals surface area contributed by atoms with Crippen molar-refractivity contribution in [2.75, 3.05) is 6.54 Å². The second-order valence-electron chi connectivity index (χ2n) is 10.2. The quantitative estimate of drug-likeness (QED) is 0.299. The summed E-state index contributed by atoms with van der Waals surface area (Å²) in [4.78, 5) is 37.5. The summed E-state index contributed by atoms with van der Waals surface area (Å²) < 4.78 is 16.7. The van der Waals surface area contributed by atoms with Crippen molar-refractivity contribution in [1.82, 2.24) is 5.32 Å². The summed E-state index contributed by atoms with van der Waals surface area (Å²) in [5, 5.41) is 13.7. The van der Waals surface area contributed by atoms with Gasteiger partial charge in [0.1, 0.15) is 33.7 Å². The summed E-state index contributed by atoms with van der Waals surface area (Å²) >= 11 is 0. The monoisotopic (exact) mass is 481 g/mol. The molecule has 4 rings (SSSR count). The van der Waals surface area contributed by atoms with Crippen LogP contribution in [0.25, 0.3) is 21.9 Å². The van der Waals surface area contributed by atoms with E-state index in [2.05, 4.69) is 5.32 Å². The first kappa shape index (κ1) is 24.6. The second-order valence-corrected chi connectivity index (χ2v) is 10.2. The van der Waals surface area contributed by atoms with E-state index in [-0.39, 0.29) is 45.7 Å². The summed E-state index contributed by atoms with van der Waals surface area (Å²) in [6, 6.07) is 7.99. The molecule has 8 nitrogen and oxygen atoms in total. The van der Waals surface area contributed by atoms with Crippen LogP contribution in [0.3, 0.4) is 0 Å². The maximum atomic E-state index is 12.9. The predicted molar refractivity (Wildman–Crippen MR) is 132 cm³/mol. The molecule has 3 aromatic rings. The van der Waals surface area contributed by atoms with Crippen molar-refractivity contribution >= 4 is 34.0 Å². The zero-order valence-electron chi connectivity index (χ0n) is 20.5. The Balaban J connectivity index is 1.40. The molecule has 0 aliphatic heterocycles. The number of ether oxygens (including phenoxy) is 2. The molecule has 0 saturated heterocycles. The highest BCUT2D eigenvalue weighted by atomic mass is 16.6. The normalized spacial score (nSPS) is 18.4. The smallest absolute Gasteiger partial charge is 0.407 e. The number of hydrogen-bond acceptors (Lipinski definition) is 7. The van der Waals surface area contributed by atoms with E-state index in [0.717, 1.165) is 18.4 Å². The highest BCUT2D eigenvalue weighted by Gasteiger charge is 2.29. The molecule has 0 atom stereocenters. The van der Waals surface area contributed by atoms with Gasteiger partial charge in [0.2, 0.25) is 5.43 Å². The Morgan fingerprint density at radius 2 is 1.86 bits per heavy atom. The number of aromatic hydroxyl groups is 1. The molecule has 1 heterocycles. The van der Waals surface area contributed by atoms with Crippen LogP contribution in [0.1, 0.15) is 52.0 Å². The van der Waals surface area contributed by atoms with Crippen LogP contribution in [0.5, 0.6) is 11.5 Å². The standard InChI is InChI=1S/C27H31NO7/c1-15-6-5-7-19-23(30)22-20(29)12-18(13-21(22)34-24(15)19)33-25(31)17-10-8-16(9-11-17)14-28-26(32)35-27(2,3)4/h5-7,12-13,16-17,29H,8-11,14H2,1-4H3,(H,28,32). The first-order valence-corrected chi connectivity index (χ1v) is 11.9. The van der Waals surface area contributed by atoms with Crippen LogP contribution in [0, 0.1) is 18.8 Å². The molecule has 1 saturated carbocycles. The molecule has 0 spiro atoms. The minimum absolute atomic E-state index is 0.0564. The number of para-hydroxylation sites is 1. The van der Waals surface area contributed by atoms with Gasteiger partial charge in [0.15, 0.2) is 0 Å². The van der Waals surface area contributed by atoms with Gasteiger partial charge in [-0.2, -0.15) is 0 Å². The van der Waals surface area contributed by atoms with E-state index in [0.29, 0.717) is 30.4 Å². The molecule has 1 aromatic heterocycles. The lowest BCUT2D eigenvalue weighted by Gasteiger charge is -2.28. The molecular weight excluding hydrogens is 450 g/mol. The van der Waals surface area contributed by atoms with Gasteiger partial charge in [-0.1, -0.05) is 12.1 Å². The van der Waals surface area contributed by atoms with E-state index in [1.54, 1.807) is 12.1 Å². The molecule has 2 N–H and O–H groups in total. The zero-order valence-corrected chi connectivity index (χ0v) is 20.5. The van der Waals surface area contributed by atoms with Crippen LogP contribution >= 0.6 is 0 Å². The number of carbonyl (C=O) groups is 2. The highest BCUT2D eigenvalue weighted by molar-refractivity contribution is 5.95. The predicted octanol–water partition coefficient (Wildman–Crippen LogP) is 5.20. The number of amides is 1. The van der Waals surface area contributed by atoms with Crippen LogP contribution in [-0.4, -0.2) is 29.3 Å². The second kappa shape index (κ2) is 9.60. The fourth-order valence-corrected chi connectivity index (χ4v) is 4.50. The van der Waals surface area contributed by atoms with Crippen molar-refractivity contribution in [1.29, 1.82) is 0 Å². The lowest BCUT2D eigenvalue weighted by molar-refractivity contribution is -0.140. The van der Waals surface area contributed by atoms with Gasteiger partial charge in [0.05, 0.1) is 11.3 Å². The van der Waals surface area contributed by atoms with Crippen LogP contribution in [0.2, 0.25) is 0 Å². The Morgan fingerprint density at radius 3 is 2.54 bits per heavy atom. The first-order chi connectivity index (χ1) is 16.5. The largest absolute Gasteiger partial charge is 0.507 e. The van der Waals surface area contributed by atoms with E-state index in [9.17, 15) is 19.5 Å². The van der Waals surface area contributed by atoms with E-state index >= 15 is 0 Å². The van der Waals surface area contributed by atoms with Gasteiger partial charge >= 0.3 is 12.1 Å². The van der Waals surface area contributed by atoms with Crippen LogP contribution in [0.4, 0.5) is 4.79 Å². The number of alkyl carbamates (subject to hydrolysis) is 1. The Labute approximate surface area is 203 Å². The SMILES string of the molecule is Cc1cccc2c(=O)c3c(O)cc(OC(=O)C4CCC(CNC(=O)OC(C)(C)C)CC4)cc3oc12. The number of phenolic OH excluding ortho intramolecular Hbond substituents is 1. The Hall–Kier alpha value is -3.55. The highest BCUT2D eigenvalue weighted by Crippen LogP contribution is 2.33. The Kier molecular flexibility index (Phi) is 6.74. The third-order valence-electron chi connectivity index (χ3n) is 6.28. The molecule has 1 aliphatic rings. The van der Waals surface area contributed by atoms with E-state index in [1.807, 2.05) is 33.8 Å². The lowest BCUT2D eigenvalue weighted by atomic mass is 9.82. The maximum absolute atomic E-state index is 12.9. The van der Waals surface area contributed by atoms with Crippen LogP contribution in [-0.2, 0) is 9.53 Å². The fourth-order valence-electron chi connectivity index (χ4n) is 4.50. The molecule has 186 valence electrons. The number of benzene rings is 2. The summed E-state index contributed by atoms with van der Waals surface area (Å²) in [6.45, 7) is 7.78. The number of nitrogens with one attached hydrogen (secondary N) is 1. The number of rotatable bonds is 4. The molecule has 8 heteroatoms. The Bertz CT molecular complexity index is 1330. The van der Waals surface area contributed by atoms with Crippen LogP contribution < -0.4 is 15.5 Å². The van der Waals surface area contributed by atoms with Gasteiger partial charge in [-0.3, -0.25) is 9.59 Å². The van der Waals surface area contributed by atoms with Crippen molar-refractivity contribution in [3.63, 3.8) is 0 Å². The summed E-state index contributed by atoms with van der Waals surface area (Å²) in [6.07, 6.45) is 2.39. The van der Waals surface area contributed by atoms with Crippen LogP contribution in [0.15, 0.2) is 39.5 Å². The van der Waals surface area contributed by atoms with Crippen molar-refractivity contribution in [3.05, 3.63) is 46.1 Å². The molecular formula is C27H31NO7. The zero-order chi connectivity index (χ0) is 25.3. The van der Waals surface area contributed by atoms with Crippen molar-refractivity contribution in [2.24, 2.45) is 11.8 Å². The average molecular weight is 482 g/mol. The van der Waals surface area contributed by atoms with E-state index in [1.165, 1.54) is 12.1 Å². The van der Waals surface area contributed by atoms with Crippen molar-refractivity contribution in [3.8, 4) is 11.5 Å². The van der Waals surface area contributed by atoms with E-state index < -0.39 is 11.7 Å². The van der Waals surface area contributed by atoms with Gasteiger partial charge in [0, 0.05) is 18.7 Å². The molecule has 2 aromatic carbocycles. The van der Waals surface area contributed by atoms with Gasteiger partial charge in [-0.15, -0.1) is 0 Å². The summed E-state index contributed by atoms with van der Waals surface area (Å²) in [5.41, 5.74) is 0.514. The summed E-state index contributed by atoms with van der Waals surface area (Å²) in [5.74, 6) is -0.565. The number of phenols is 1. The minimum atomic E-state index is -0.544. The first-order valence-electron chi connectivity index (χ1n) is 11.9. The molecule has 35 heavy (non-hydrogen) atoms.